The first-order valence-corrected chi connectivity index (χ1v) is 3.82. The largest absolute Gasteiger partial charge is 0.198 e. The van der Waals surface area contributed by atoms with Crippen molar-refractivity contribution in [2.24, 2.45) is 4.99 Å². The molecule has 0 fully saturated rings. The number of aliphatic imine (C=N–C) groups is 1. The molecule has 0 amide bonds. The van der Waals surface area contributed by atoms with Gasteiger partial charge < -0.3 is 0 Å². The van der Waals surface area contributed by atoms with Gasteiger partial charge in [0.15, 0.2) is 0 Å². The minimum Gasteiger partial charge on any atom is -0.198 e. The Hall–Kier alpha value is -1.49. The van der Waals surface area contributed by atoms with E-state index in [0.717, 1.165) is 11.3 Å². The molecule has 1 rings (SSSR count). The van der Waals surface area contributed by atoms with Crippen LogP contribution in [-0.2, 0) is 6.42 Å². The first kappa shape index (κ1) is 8.61. The topological polar surface area (TPSA) is 36.1 Å². The van der Waals surface area contributed by atoms with Gasteiger partial charge in [0.25, 0.3) is 0 Å². The van der Waals surface area contributed by atoms with Crippen LogP contribution in [-0.4, -0.2) is 5.16 Å². The van der Waals surface area contributed by atoms with E-state index in [4.69, 9.17) is 5.26 Å². The molecule has 12 heavy (non-hydrogen) atoms. The maximum Gasteiger partial charge on any atom is 0.0781 e. The lowest BCUT2D eigenvalue weighted by atomic mass is 10.1. The van der Waals surface area contributed by atoms with Gasteiger partial charge in [-0.2, -0.15) is 10.3 Å². The van der Waals surface area contributed by atoms with Crippen LogP contribution >= 0.6 is 12.2 Å². The lowest BCUT2D eigenvalue weighted by molar-refractivity contribution is 1.25. The molecule has 0 aliphatic carbocycles. The SMILES string of the molecule is N#CCc1ccccc1N=C=S. The molecule has 2 nitrogen and oxygen atoms in total. The maximum atomic E-state index is 8.47. The summed E-state index contributed by atoms with van der Waals surface area (Å²) in [4.78, 5) is 3.84. The molecular weight excluding hydrogens is 168 g/mol. The summed E-state index contributed by atoms with van der Waals surface area (Å²) in [6, 6.07) is 9.45. The highest BCUT2D eigenvalue weighted by Gasteiger charge is 1.97. The number of nitriles is 1. The highest BCUT2D eigenvalue weighted by molar-refractivity contribution is 7.78. The van der Waals surface area contributed by atoms with Crippen LogP contribution < -0.4 is 0 Å². The summed E-state index contributed by atoms with van der Waals surface area (Å²) in [6.45, 7) is 0. The lowest BCUT2D eigenvalue weighted by Gasteiger charge is -1.96. The lowest BCUT2D eigenvalue weighted by Crippen LogP contribution is -1.80. The summed E-state index contributed by atoms with van der Waals surface area (Å²) in [6.07, 6.45) is 0.358. The molecule has 0 spiro atoms. The van der Waals surface area contributed by atoms with Crippen molar-refractivity contribution in [3.8, 4) is 6.07 Å². The van der Waals surface area contributed by atoms with E-state index in [0.29, 0.717) is 6.42 Å². The smallest absolute Gasteiger partial charge is 0.0781 e. The fourth-order valence-electron chi connectivity index (χ4n) is 0.904. The Morgan fingerprint density at radius 3 is 2.83 bits per heavy atom. The zero-order valence-electron chi connectivity index (χ0n) is 6.32. The molecule has 0 radical (unpaired) electrons. The zero-order valence-corrected chi connectivity index (χ0v) is 7.14. The summed E-state index contributed by atoms with van der Waals surface area (Å²) in [7, 11) is 0. The Kier molecular flexibility index (Phi) is 3.16. The highest BCUT2D eigenvalue weighted by atomic mass is 32.1. The number of hydrogen-bond donors (Lipinski definition) is 0. The van der Waals surface area contributed by atoms with Crippen LogP contribution in [0.25, 0.3) is 0 Å². The Labute approximate surface area is 76.2 Å². The quantitative estimate of drug-likeness (QED) is 0.510. The predicted molar refractivity (Wildman–Crippen MR) is 50.4 cm³/mol. The fourth-order valence-corrected chi connectivity index (χ4v) is 1.00. The van der Waals surface area contributed by atoms with Gasteiger partial charge >= 0.3 is 0 Å². The van der Waals surface area contributed by atoms with Crippen molar-refractivity contribution in [1.82, 2.24) is 0 Å². The van der Waals surface area contributed by atoms with Gasteiger partial charge in [-0.1, -0.05) is 18.2 Å². The molecule has 0 bridgehead atoms. The van der Waals surface area contributed by atoms with Crippen LogP contribution in [0.1, 0.15) is 5.56 Å². The molecule has 0 N–H and O–H groups in total. The van der Waals surface area contributed by atoms with Gasteiger partial charge in [-0.3, -0.25) is 0 Å². The van der Waals surface area contributed by atoms with E-state index in [9.17, 15) is 0 Å². The summed E-state index contributed by atoms with van der Waals surface area (Å²) < 4.78 is 0. The van der Waals surface area contributed by atoms with Crippen molar-refractivity contribution >= 4 is 23.1 Å². The third-order valence-electron chi connectivity index (χ3n) is 1.43. The highest BCUT2D eigenvalue weighted by Crippen LogP contribution is 2.17. The van der Waals surface area contributed by atoms with E-state index >= 15 is 0 Å². The van der Waals surface area contributed by atoms with Crippen LogP contribution in [0.3, 0.4) is 0 Å². The summed E-state index contributed by atoms with van der Waals surface area (Å²) in [5.74, 6) is 0. The molecule has 0 saturated carbocycles. The summed E-state index contributed by atoms with van der Waals surface area (Å²) >= 11 is 4.48. The van der Waals surface area contributed by atoms with Crippen LogP contribution in [0.15, 0.2) is 29.3 Å². The first-order valence-electron chi connectivity index (χ1n) is 3.41. The van der Waals surface area contributed by atoms with Crippen LogP contribution in [0.2, 0.25) is 0 Å². The van der Waals surface area contributed by atoms with Crippen molar-refractivity contribution in [2.75, 3.05) is 0 Å². The van der Waals surface area contributed by atoms with E-state index in [1.54, 1.807) is 0 Å². The fraction of sp³-hybridized carbons (Fsp3) is 0.111. The average Bonchev–Trinajstić information content (AvgIpc) is 2.09. The number of para-hydroxylation sites is 1. The second-order valence-electron chi connectivity index (χ2n) is 2.17. The molecule has 1 aromatic carbocycles. The minimum atomic E-state index is 0.358. The number of hydrogen-bond acceptors (Lipinski definition) is 3. The van der Waals surface area contributed by atoms with Crippen molar-refractivity contribution in [2.45, 2.75) is 6.42 Å². The second-order valence-corrected chi connectivity index (χ2v) is 2.35. The average molecular weight is 174 g/mol. The number of nitrogens with zero attached hydrogens (tertiary/aromatic N) is 2. The second kappa shape index (κ2) is 4.40. The molecule has 0 unspecified atom stereocenters. The van der Waals surface area contributed by atoms with Gasteiger partial charge in [-0.15, -0.1) is 0 Å². The first-order chi connectivity index (χ1) is 5.88. The van der Waals surface area contributed by atoms with E-state index in [1.165, 1.54) is 0 Å². The molecule has 0 aliphatic heterocycles. The van der Waals surface area contributed by atoms with E-state index in [-0.39, 0.29) is 0 Å². The van der Waals surface area contributed by atoms with E-state index in [1.807, 2.05) is 24.3 Å². The van der Waals surface area contributed by atoms with Gasteiger partial charge in [0.1, 0.15) is 0 Å². The van der Waals surface area contributed by atoms with Crippen molar-refractivity contribution in [3.05, 3.63) is 29.8 Å². The molecule has 0 aromatic heterocycles. The normalized spacial score (nSPS) is 8.25. The Morgan fingerprint density at radius 2 is 2.17 bits per heavy atom. The number of rotatable bonds is 2. The summed E-state index contributed by atoms with van der Waals surface area (Å²) in [5, 5.41) is 10.8. The molecule has 0 saturated heterocycles. The third kappa shape index (κ3) is 2.00. The predicted octanol–water partition coefficient (Wildman–Crippen LogP) is 2.49. The van der Waals surface area contributed by atoms with Crippen molar-refractivity contribution in [1.29, 1.82) is 5.26 Å². The minimum absolute atomic E-state index is 0.358. The zero-order chi connectivity index (χ0) is 8.81. The number of benzene rings is 1. The van der Waals surface area contributed by atoms with Gasteiger partial charge in [0.05, 0.1) is 23.3 Å². The van der Waals surface area contributed by atoms with E-state index in [2.05, 4.69) is 28.4 Å². The molecule has 3 heteroatoms. The molecule has 58 valence electrons. The number of isothiocyanates is 1. The van der Waals surface area contributed by atoms with E-state index < -0.39 is 0 Å². The summed E-state index contributed by atoms with van der Waals surface area (Å²) in [5.41, 5.74) is 1.62. The van der Waals surface area contributed by atoms with Gasteiger partial charge in [-0.25, -0.2) is 0 Å². The maximum absolute atomic E-state index is 8.47. The monoisotopic (exact) mass is 174 g/mol. The Bertz CT molecular complexity index is 359. The van der Waals surface area contributed by atoms with Crippen LogP contribution in [0.5, 0.6) is 0 Å². The molecule has 1 aromatic rings. The van der Waals surface area contributed by atoms with Gasteiger partial charge in [-0.05, 0) is 23.8 Å². The van der Waals surface area contributed by atoms with Gasteiger partial charge in [0, 0.05) is 0 Å². The molecule has 0 heterocycles. The Morgan fingerprint density at radius 1 is 1.42 bits per heavy atom. The van der Waals surface area contributed by atoms with Crippen molar-refractivity contribution in [3.63, 3.8) is 0 Å². The molecular formula is C9H6N2S. The van der Waals surface area contributed by atoms with Crippen molar-refractivity contribution < 1.29 is 0 Å². The molecule has 0 aliphatic rings. The third-order valence-corrected chi connectivity index (χ3v) is 1.52. The van der Waals surface area contributed by atoms with Crippen LogP contribution in [0, 0.1) is 11.3 Å². The number of thiocarbonyl (C=S) groups is 1. The molecule has 0 atom stereocenters. The van der Waals surface area contributed by atoms with Gasteiger partial charge in [0.2, 0.25) is 0 Å². The van der Waals surface area contributed by atoms with Crippen LogP contribution in [0.4, 0.5) is 5.69 Å². The standard InChI is InChI=1S/C9H6N2S/c10-6-5-8-3-1-2-4-9(8)11-7-12/h1-4H,5H2. The Balaban J connectivity index is 3.09.